The van der Waals surface area contributed by atoms with Gasteiger partial charge in [0.25, 0.3) is 0 Å². The third-order valence-corrected chi connectivity index (χ3v) is 3.40. The maximum absolute atomic E-state index is 12.1. The van der Waals surface area contributed by atoms with E-state index in [1.165, 1.54) is 0 Å². The highest BCUT2D eigenvalue weighted by Gasteiger charge is 2.49. The fourth-order valence-corrected chi connectivity index (χ4v) is 2.43. The van der Waals surface area contributed by atoms with Crippen LogP contribution in [-0.2, 0) is 4.79 Å². The Labute approximate surface area is 106 Å². The summed E-state index contributed by atoms with van der Waals surface area (Å²) in [6, 6.07) is 1.83. The molecule has 1 heterocycles. The number of hydrogen-bond acceptors (Lipinski definition) is 4. The van der Waals surface area contributed by atoms with Gasteiger partial charge in [-0.3, -0.25) is 4.79 Å². The predicted octanol–water partition coefficient (Wildman–Crippen LogP) is 2.10. The van der Waals surface area contributed by atoms with Crippen molar-refractivity contribution >= 4 is 5.91 Å². The lowest BCUT2D eigenvalue weighted by atomic mass is 9.63. The second kappa shape index (κ2) is 4.45. The summed E-state index contributed by atoms with van der Waals surface area (Å²) < 4.78 is 5.36. The number of aryl methyl sites for hydroxylation is 1. The number of amides is 1. The Morgan fingerprint density at radius 1 is 1.72 bits per heavy atom. The lowest BCUT2D eigenvalue weighted by Crippen LogP contribution is -2.48. The topological polar surface area (TPSA) is 78.9 Å². The van der Waals surface area contributed by atoms with Crippen LogP contribution >= 0.6 is 0 Å². The first-order valence-electron chi connectivity index (χ1n) is 6.11. The van der Waals surface area contributed by atoms with Crippen LogP contribution in [0.15, 0.2) is 10.6 Å². The van der Waals surface area contributed by atoms with Gasteiger partial charge in [0.2, 0.25) is 11.8 Å². The lowest BCUT2D eigenvalue weighted by Gasteiger charge is -2.39. The molecule has 0 aliphatic heterocycles. The van der Waals surface area contributed by atoms with E-state index in [0.29, 0.717) is 30.4 Å². The average Bonchev–Trinajstić information content (AvgIpc) is 2.71. The Hall–Kier alpha value is -1.83. The fraction of sp³-hybridized carbons (Fsp3) is 0.615. The number of hydrogen-bond donors (Lipinski definition) is 1. The molecule has 1 aliphatic rings. The van der Waals surface area contributed by atoms with E-state index in [4.69, 9.17) is 9.68 Å². The molecule has 1 fully saturated rings. The molecule has 1 amide bonds. The molecular weight excluding hydrogens is 230 g/mol. The van der Waals surface area contributed by atoms with Crippen molar-refractivity contribution in [3.63, 3.8) is 0 Å². The van der Waals surface area contributed by atoms with Gasteiger partial charge in [0.05, 0.1) is 12.3 Å². The van der Waals surface area contributed by atoms with E-state index in [9.17, 15) is 4.79 Å². The van der Waals surface area contributed by atoms with Crippen LogP contribution in [0.5, 0.6) is 0 Å². The minimum atomic E-state index is -0.852. The molecule has 5 heteroatoms. The molecule has 5 nitrogen and oxygen atoms in total. The molecule has 0 bridgehead atoms. The molecule has 0 aromatic carbocycles. The molecule has 1 aromatic heterocycles. The molecule has 96 valence electrons. The molecule has 1 unspecified atom stereocenters. The van der Waals surface area contributed by atoms with Gasteiger partial charge in [-0.05, 0) is 32.6 Å². The summed E-state index contributed by atoms with van der Waals surface area (Å²) >= 11 is 0. The first-order valence-corrected chi connectivity index (χ1v) is 6.11. The standard InChI is InChI=1S/C13H17N3O2/c1-8-4-13(5-8,7-14)12(17)16-10(3)11-15-6-9(2)18-11/h6,8,10H,4-5H2,1-3H3,(H,16,17). The van der Waals surface area contributed by atoms with Crippen LogP contribution in [-0.4, -0.2) is 10.9 Å². The van der Waals surface area contributed by atoms with E-state index >= 15 is 0 Å². The second-order valence-corrected chi connectivity index (χ2v) is 5.21. The molecule has 1 aliphatic carbocycles. The molecule has 0 radical (unpaired) electrons. The third kappa shape index (κ3) is 2.10. The molecule has 1 aromatic rings. The van der Waals surface area contributed by atoms with Crippen molar-refractivity contribution in [2.75, 3.05) is 0 Å². The van der Waals surface area contributed by atoms with Crippen molar-refractivity contribution in [2.45, 2.75) is 39.7 Å². The summed E-state index contributed by atoms with van der Waals surface area (Å²) in [5.74, 6) is 1.40. The van der Waals surface area contributed by atoms with Gasteiger partial charge in [-0.2, -0.15) is 5.26 Å². The highest BCUT2D eigenvalue weighted by molar-refractivity contribution is 5.86. The number of oxazole rings is 1. The molecule has 18 heavy (non-hydrogen) atoms. The van der Waals surface area contributed by atoms with Crippen molar-refractivity contribution in [1.82, 2.24) is 10.3 Å². The molecule has 1 N–H and O–H groups in total. The van der Waals surface area contributed by atoms with E-state index in [2.05, 4.69) is 16.4 Å². The van der Waals surface area contributed by atoms with Gasteiger partial charge in [-0.25, -0.2) is 4.98 Å². The number of nitrogens with one attached hydrogen (secondary N) is 1. The Morgan fingerprint density at radius 3 is 2.83 bits per heavy atom. The van der Waals surface area contributed by atoms with Crippen molar-refractivity contribution in [2.24, 2.45) is 11.3 Å². The number of nitrogens with zero attached hydrogens (tertiary/aromatic N) is 2. The van der Waals surface area contributed by atoms with Crippen molar-refractivity contribution in [1.29, 1.82) is 5.26 Å². The van der Waals surface area contributed by atoms with E-state index in [1.54, 1.807) is 20.0 Å². The average molecular weight is 247 g/mol. The smallest absolute Gasteiger partial charge is 0.241 e. The Morgan fingerprint density at radius 2 is 2.39 bits per heavy atom. The van der Waals surface area contributed by atoms with Gasteiger partial charge in [-0.1, -0.05) is 6.92 Å². The summed E-state index contributed by atoms with van der Waals surface area (Å²) in [5.41, 5.74) is -0.852. The molecule has 0 spiro atoms. The van der Waals surface area contributed by atoms with E-state index in [1.807, 2.05) is 6.92 Å². The Bertz CT molecular complexity index is 495. The van der Waals surface area contributed by atoms with Crippen LogP contribution in [0.3, 0.4) is 0 Å². The van der Waals surface area contributed by atoms with E-state index in [0.717, 1.165) is 0 Å². The zero-order chi connectivity index (χ0) is 13.3. The third-order valence-electron chi connectivity index (χ3n) is 3.40. The summed E-state index contributed by atoms with van der Waals surface area (Å²) in [6.45, 7) is 5.65. The molecule has 0 saturated heterocycles. The van der Waals surface area contributed by atoms with Crippen LogP contribution in [0.4, 0.5) is 0 Å². The SMILES string of the molecule is Cc1cnc(C(C)NC(=O)C2(C#N)CC(C)C2)o1. The van der Waals surface area contributed by atoms with Gasteiger partial charge in [0.15, 0.2) is 0 Å². The van der Waals surface area contributed by atoms with Gasteiger partial charge in [-0.15, -0.1) is 0 Å². The van der Waals surface area contributed by atoms with Gasteiger partial charge >= 0.3 is 0 Å². The summed E-state index contributed by atoms with van der Waals surface area (Å²) in [7, 11) is 0. The van der Waals surface area contributed by atoms with Crippen LogP contribution in [0, 0.1) is 29.6 Å². The largest absolute Gasteiger partial charge is 0.444 e. The van der Waals surface area contributed by atoms with Crippen LogP contribution in [0.2, 0.25) is 0 Å². The number of aromatic nitrogens is 1. The highest BCUT2D eigenvalue weighted by Crippen LogP contribution is 2.45. The maximum Gasteiger partial charge on any atom is 0.241 e. The molecular formula is C13H17N3O2. The van der Waals surface area contributed by atoms with Gasteiger partial charge in [0, 0.05) is 0 Å². The van der Waals surface area contributed by atoms with Gasteiger partial charge in [0.1, 0.15) is 17.2 Å². The lowest BCUT2D eigenvalue weighted by molar-refractivity contribution is -0.134. The van der Waals surface area contributed by atoms with Crippen LogP contribution < -0.4 is 5.32 Å². The van der Waals surface area contributed by atoms with Crippen LogP contribution in [0.1, 0.15) is 44.4 Å². The number of nitriles is 1. The van der Waals surface area contributed by atoms with Crippen molar-refractivity contribution in [3.8, 4) is 6.07 Å². The first kappa shape index (κ1) is 12.6. The maximum atomic E-state index is 12.1. The zero-order valence-corrected chi connectivity index (χ0v) is 10.9. The fourth-order valence-electron chi connectivity index (χ4n) is 2.43. The van der Waals surface area contributed by atoms with Crippen molar-refractivity contribution in [3.05, 3.63) is 17.8 Å². The summed E-state index contributed by atoms with van der Waals surface area (Å²) in [4.78, 5) is 16.2. The summed E-state index contributed by atoms with van der Waals surface area (Å²) in [5, 5.41) is 12.0. The van der Waals surface area contributed by atoms with Crippen LogP contribution in [0.25, 0.3) is 0 Å². The zero-order valence-electron chi connectivity index (χ0n) is 10.9. The molecule has 1 atom stereocenters. The van der Waals surface area contributed by atoms with E-state index in [-0.39, 0.29) is 11.9 Å². The number of carbonyl (C=O) groups is 1. The Kier molecular flexibility index (Phi) is 3.12. The Balaban J connectivity index is 2.02. The summed E-state index contributed by atoms with van der Waals surface area (Å²) in [6.07, 6.45) is 2.88. The number of rotatable bonds is 3. The minimum absolute atomic E-state index is 0.216. The number of carbonyl (C=O) groups excluding carboxylic acids is 1. The second-order valence-electron chi connectivity index (χ2n) is 5.21. The van der Waals surface area contributed by atoms with Gasteiger partial charge < -0.3 is 9.73 Å². The minimum Gasteiger partial charge on any atom is -0.444 e. The van der Waals surface area contributed by atoms with E-state index < -0.39 is 5.41 Å². The normalized spacial score (nSPS) is 28.0. The van der Waals surface area contributed by atoms with Crippen molar-refractivity contribution < 1.29 is 9.21 Å². The monoisotopic (exact) mass is 247 g/mol. The molecule has 2 rings (SSSR count). The quantitative estimate of drug-likeness (QED) is 0.887. The highest BCUT2D eigenvalue weighted by atomic mass is 16.4. The predicted molar refractivity (Wildman–Crippen MR) is 64.2 cm³/mol. The molecule has 1 saturated carbocycles. The first-order chi connectivity index (χ1) is 8.47.